The van der Waals surface area contributed by atoms with Gasteiger partial charge in [0.2, 0.25) is 5.91 Å². The van der Waals surface area contributed by atoms with Crippen molar-refractivity contribution in [3.05, 3.63) is 28.8 Å². The van der Waals surface area contributed by atoms with Gasteiger partial charge >= 0.3 is 0 Å². The molecule has 2 heterocycles. The van der Waals surface area contributed by atoms with E-state index in [0.29, 0.717) is 19.6 Å². The van der Waals surface area contributed by atoms with Crippen LogP contribution in [0.1, 0.15) is 19.4 Å². The molecule has 2 aliphatic rings. The van der Waals surface area contributed by atoms with Crippen LogP contribution in [0.2, 0.25) is 5.02 Å². The Bertz CT molecular complexity index is 607. The normalized spacial score (nSPS) is 25.3. The molecule has 6 heteroatoms. The number of halogens is 1. The third kappa shape index (κ3) is 4.66. The Labute approximate surface area is 155 Å². The quantitative estimate of drug-likeness (QED) is 0.824. The Morgan fingerprint density at radius 2 is 1.80 bits per heavy atom. The predicted octanol–water partition coefficient (Wildman–Crippen LogP) is 2.41. The second-order valence-electron chi connectivity index (χ2n) is 7.25. The van der Waals surface area contributed by atoms with Gasteiger partial charge in [-0.1, -0.05) is 17.7 Å². The van der Waals surface area contributed by atoms with Crippen molar-refractivity contribution < 1.29 is 9.53 Å². The molecular formula is C19H28ClN3O2. The minimum Gasteiger partial charge on any atom is -0.372 e. The van der Waals surface area contributed by atoms with Gasteiger partial charge in [0.25, 0.3) is 0 Å². The number of ether oxygens (including phenoxy) is 1. The number of rotatable bonds is 3. The van der Waals surface area contributed by atoms with Crippen LogP contribution in [-0.2, 0) is 9.53 Å². The van der Waals surface area contributed by atoms with Gasteiger partial charge in [-0.3, -0.25) is 9.69 Å². The van der Waals surface area contributed by atoms with Crippen molar-refractivity contribution in [3.63, 3.8) is 0 Å². The predicted molar refractivity (Wildman–Crippen MR) is 101 cm³/mol. The maximum atomic E-state index is 12.6. The largest absolute Gasteiger partial charge is 0.372 e. The van der Waals surface area contributed by atoms with E-state index in [1.807, 2.05) is 30.9 Å². The van der Waals surface area contributed by atoms with Crippen molar-refractivity contribution >= 4 is 23.2 Å². The fraction of sp³-hybridized carbons (Fsp3) is 0.632. The monoisotopic (exact) mass is 365 g/mol. The first-order valence-electron chi connectivity index (χ1n) is 9.09. The lowest BCUT2D eigenvalue weighted by atomic mass is 10.1. The molecule has 0 radical (unpaired) electrons. The Morgan fingerprint density at radius 1 is 1.16 bits per heavy atom. The molecule has 0 N–H and O–H groups in total. The summed E-state index contributed by atoms with van der Waals surface area (Å²) in [5.74, 6) is 0.217. The van der Waals surface area contributed by atoms with E-state index < -0.39 is 0 Å². The van der Waals surface area contributed by atoms with E-state index in [1.165, 1.54) is 11.3 Å². The van der Waals surface area contributed by atoms with Crippen LogP contribution in [0.3, 0.4) is 0 Å². The second-order valence-corrected chi connectivity index (χ2v) is 7.69. The average molecular weight is 366 g/mol. The van der Waals surface area contributed by atoms with Crippen molar-refractivity contribution in [3.8, 4) is 0 Å². The first kappa shape index (κ1) is 18.5. The standard InChI is InChI=1S/C19H28ClN3O2/c1-14-4-5-17(20)10-18(14)22-8-6-21(7-9-22)13-19(24)23-11-15(2)25-16(3)12-23/h4-5,10,15-16H,6-9,11-13H2,1-3H3/t15-,16+. The smallest absolute Gasteiger partial charge is 0.236 e. The van der Waals surface area contributed by atoms with Gasteiger partial charge in [0, 0.05) is 50.0 Å². The van der Waals surface area contributed by atoms with Gasteiger partial charge in [-0.2, -0.15) is 0 Å². The van der Waals surface area contributed by atoms with E-state index >= 15 is 0 Å². The van der Waals surface area contributed by atoms with Crippen LogP contribution >= 0.6 is 11.6 Å². The number of amides is 1. The SMILES string of the molecule is Cc1ccc(Cl)cc1N1CCN(CC(=O)N2C[C@@H](C)O[C@@H](C)C2)CC1. The number of hydrogen-bond acceptors (Lipinski definition) is 4. The molecule has 0 unspecified atom stereocenters. The number of morpholine rings is 1. The van der Waals surface area contributed by atoms with Crippen molar-refractivity contribution in [2.24, 2.45) is 0 Å². The van der Waals surface area contributed by atoms with E-state index in [0.717, 1.165) is 31.2 Å². The molecule has 138 valence electrons. The van der Waals surface area contributed by atoms with E-state index in [-0.39, 0.29) is 18.1 Å². The lowest BCUT2D eigenvalue weighted by Gasteiger charge is -2.39. The highest BCUT2D eigenvalue weighted by molar-refractivity contribution is 6.30. The van der Waals surface area contributed by atoms with Gasteiger partial charge in [0.05, 0.1) is 18.8 Å². The molecule has 1 aromatic carbocycles. The number of benzene rings is 1. The zero-order chi connectivity index (χ0) is 18.0. The third-order valence-corrected chi connectivity index (χ3v) is 5.25. The molecule has 2 aliphatic heterocycles. The summed E-state index contributed by atoms with van der Waals surface area (Å²) in [6, 6.07) is 6.03. The highest BCUT2D eigenvalue weighted by atomic mass is 35.5. The van der Waals surface area contributed by atoms with Crippen LogP contribution in [0.5, 0.6) is 0 Å². The third-order valence-electron chi connectivity index (χ3n) is 5.02. The summed E-state index contributed by atoms with van der Waals surface area (Å²) in [4.78, 5) is 19.2. The van der Waals surface area contributed by atoms with Crippen LogP contribution in [0, 0.1) is 6.92 Å². The summed E-state index contributed by atoms with van der Waals surface area (Å²) in [5, 5.41) is 0.772. The molecule has 0 aromatic heterocycles. The molecule has 5 nitrogen and oxygen atoms in total. The van der Waals surface area contributed by atoms with Crippen LogP contribution in [0.4, 0.5) is 5.69 Å². The van der Waals surface area contributed by atoms with Crippen molar-refractivity contribution in [1.82, 2.24) is 9.80 Å². The van der Waals surface area contributed by atoms with Crippen LogP contribution in [0.25, 0.3) is 0 Å². The molecule has 2 saturated heterocycles. The maximum Gasteiger partial charge on any atom is 0.236 e. The van der Waals surface area contributed by atoms with Gasteiger partial charge in [0.15, 0.2) is 0 Å². The van der Waals surface area contributed by atoms with Gasteiger partial charge in [-0.25, -0.2) is 0 Å². The molecule has 3 rings (SSSR count). The highest BCUT2D eigenvalue weighted by Gasteiger charge is 2.28. The fourth-order valence-electron chi connectivity index (χ4n) is 3.74. The van der Waals surface area contributed by atoms with Gasteiger partial charge < -0.3 is 14.5 Å². The van der Waals surface area contributed by atoms with Gasteiger partial charge in [-0.05, 0) is 38.5 Å². The molecule has 1 amide bonds. The summed E-state index contributed by atoms with van der Waals surface area (Å²) in [7, 11) is 0. The maximum absolute atomic E-state index is 12.6. The molecule has 0 spiro atoms. The molecule has 0 bridgehead atoms. The number of nitrogens with zero attached hydrogens (tertiary/aromatic N) is 3. The number of aryl methyl sites for hydroxylation is 1. The Kier molecular flexibility index (Phi) is 5.87. The van der Waals surface area contributed by atoms with Crippen molar-refractivity contribution in [1.29, 1.82) is 0 Å². The second kappa shape index (κ2) is 7.94. The van der Waals surface area contributed by atoms with Gasteiger partial charge in [0.1, 0.15) is 0 Å². The first-order valence-corrected chi connectivity index (χ1v) is 9.47. The Balaban J connectivity index is 1.52. The Hall–Kier alpha value is -1.30. The number of carbonyl (C=O) groups is 1. The minimum absolute atomic E-state index is 0.121. The summed E-state index contributed by atoms with van der Waals surface area (Å²) < 4.78 is 5.72. The first-order chi connectivity index (χ1) is 11.9. The van der Waals surface area contributed by atoms with Crippen LogP contribution in [-0.4, -0.2) is 73.7 Å². The lowest BCUT2D eigenvalue weighted by Crippen LogP contribution is -2.54. The summed E-state index contributed by atoms with van der Waals surface area (Å²) in [5.41, 5.74) is 2.44. The number of piperazine rings is 1. The molecule has 2 atom stereocenters. The van der Waals surface area contributed by atoms with Crippen molar-refractivity contribution in [2.75, 3.05) is 50.7 Å². The van der Waals surface area contributed by atoms with E-state index in [9.17, 15) is 4.79 Å². The summed E-state index contributed by atoms with van der Waals surface area (Å²) in [6.45, 7) is 11.7. The molecule has 0 aliphatic carbocycles. The summed E-state index contributed by atoms with van der Waals surface area (Å²) >= 11 is 6.15. The zero-order valence-corrected chi connectivity index (χ0v) is 16.1. The minimum atomic E-state index is 0.121. The van der Waals surface area contributed by atoms with E-state index in [4.69, 9.17) is 16.3 Å². The van der Waals surface area contributed by atoms with E-state index in [1.54, 1.807) is 0 Å². The van der Waals surface area contributed by atoms with Crippen LogP contribution in [0.15, 0.2) is 18.2 Å². The highest BCUT2D eigenvalue weighted by Crippen LogP contribution is 2.25. The average Bonchev–Trinajstić information content (AvgIpc) is 2.57. The van der Waals surface area contributed by atoms with E-state index in [2.05, 4.69) is 22.8 Å². The number of hydrogen-bond donors (Lipinski definition) is 0. The van der Waals surface area contributed by atoms with Crippen LogP contribution < -0.4 is 4.90 Å². The topological polar surface area (TPSA) is 36.0 Å². The fourth-order valence-corrected chi connectivity index (χ4v) is 3.91. The van der Waals surface area contributed by atoms with Gasteiger partial charge in [-0.15, -0.1) is 0 Å². The van der Waals surface area contributed by atoms with Crippen molar-refractivity contribution in [2.45, 2.75) is 33.0 Å². The number of carbonyl (C=O) groups excluding carboxylic acids is 1. The lowest BCUT2D eigenvalue weighted by molar-refractivity contribution is -0.144. The summed E-state index contributed by atoms with van der Waals surface area (Å²) in [6.07, 6.45) is 0.241. The molecule has 1 aromatic rings. The molecule has 0 saturated carbocycles. The zero-order valence-electron chi connectivity index (χ0n) is 15.4. The number of anilines is 1. The molecule has 2 fully saturated rings. The molecular weight excluding hydrogens is 338 g/mol. The Morgan fingerprint density at radius 3 is 2.44 bits per heavy atom. The molecule has 25 heavy (non-hydrogen) atoms.